The molecule has 2 aromatic heterocycles. The summed E-state index contributed by atoms with van der Waals surface area (Å²) in [6, 6.07) is 4.96. The number of aromatic nitrogens is 2. The molecule has 0 N–H and O–H groups in total. The number of para-hydroxylation sites is 1. The fourth-order valence-corrected chi connectivity index (χ4v) is 3.47. The molecule has 0 fully saturated rings. The van der Waals surface area contributed by atoms with Crippen molar-refractivity contribution >= 4 is 45.3 Å². The Bertz CT molecular complexity index is 870. The van der Waals surface area contributed by atoms with Crippen molar-refractivity contribution in [2.24, 2.45) is 0 Å². The number of nitrogens with zero attached hydrogens (tertiary/aromatic N) is 3. The molecule has 21 heavy (non-hydrogen) atoms. The van der Waals surface area contributed by atoms with Gasteiger partial charge in [-0.05, 0) is 12.1 Å². The highest BCUT2D eigenvalue weighted by Crippen LogP contribution is 2.36. The lowest BCUT2D eigenvalue weighted by Crippen LogP contribution is -2.29. The van der Waals surface area contributed by atoms with Crippen LogP contribution in [0.3, 0.4) is 0 Å². The maximum absolute atomic E-state index is 12.2. The number of imidazole rings is 1. The van der Waals surface area contributed by atoms with Gasteiger partial charge in [0.25, 0.3) is 11.7 Å². The van der Waals surface area contributed by atoms with Crippen molar-refractivity contribution in [2.75, 3.05) is 4.90 Å². The van der Waals surface area contributed by atoms with Gasteiger partial charge in [0.05, 0.1) is 28.5 Å². The molecule has 0 atom stereocenters. The number of anilines is 1. The molecule has 0 spiro atoms. The molecule has 3 aromatic rings. The molecule has 0 bridgehead atoms. The summed E-state index contributed by atoms with van der Waals surface area (Å²) in [7, 11) is 0. The molecule has 1 amide bonds. The van der Waals surface area contributed by atoms with Gasteiger partial charge in [0, 0.05) is 17.8 Å². The van der Waals surface area contributed by atoms with Crippen molar-refractivity contribution in [1.29, 1.82) is 0 Å². The first-order valence-electron chi connectivity index (χ1n) is 6.21. The van der Waals surface area contributed by atoms with Gasteiger partial charge in [-0.1, -0.05) is 17.7 Å². The molecule has 0 unspecified atom stereocenters. The highest BCUT2D eigenvalue weighted by molar-refractivity contribution is 7.15. The van der Waals surface area contributed by atoms with E-state index in [1.54, 1.807) is 18.2 Å². The standard InChI is InChI=1S/C14H8ClN3O2S/c15-10-3-1-2-9-11(10)18(13(20)12(9)19)7-8-6-17-4-5-21-14(17)16-8/h1-6H,7H2. The zero-order valence-corrected chi connectivity index (χ0v) is 12.2. The summed E-state index contributed by atoms with van der Waals surface area (Å²) in [5.41, 5.74) is 1.55. The average molecular weight is 318 g/mol. The van der Waals surface area contributed by atoms with E-state index in [-0.39, 0.29) is 6.54 Å². The highest BCUT2D eigenvalue weighted by atomic mass is 35.5. The van der Waals surface area contributed by atoms with Crippen LogP contribution in [0.1, 0.15) is 16.1 Å². The van der Waals surface area contributed by atoms with E-state index in [4.69, 9.17) is 11.6 Å². The summed E-state index contributed by atoms with van der Waals surface area (Å²) >= 11 is 7.66. The smallest absolute Gasteiger partial charge is 0.297 e. The third-order valence-corrected chi connectivity index (χ3v) is 4.48. The number of thiazole rings is 1. The van der Waals surface area contributed by atoms with Crippen molar-refractivity contribution in [3.05, 3.63) is 52.3 Å². The number of hydrogen-bond acceptors (Lipinski definition) is 4. The Labute approximate surface area is 128 Å². The number of benzene rings is 1. The van der Waals surface area contributed by atoms with Gasteiger partial charge in [0.1, 0.15) is 0 Å². The van der Waals surface area contributed by atoms with Gasteiger partial charge in [0.15, 0.2) is 4.96 Å². The van der Waals surface area contributed by atoms with Gasteiger partial charge in [-0.2, -0.15) is 0 Å². The van der Waals surface area contributed by atoms with Crippen molar-refractivity contribution in [1.82, 2.24) is 9.38 Å². The van der Waals surface area contributed by atoms with Gasteiger partial charge in [-0.25, -0.2) is 4.98 Å². The molecule has 0 aliphatic carbocycles. The van der Waals surface area contributed by atoms with E-state index in [1.165, 1.54) is 16.2 Å². The zero-order chi connectivity index (χ0) is 14.6. The molecule has 104 valence electrons. The molecule has 1 aromatic carbocycles. The summed E-state index contributed by atoms with van der Waals surface area (Å²) in [6.07, 6.45) is 3.74. The van der Waals surface area contributed by atoms with Crippen molar-refractivity contribution in [3.63, 3.8) is 0 Å². The van der Waals surface area contributed by atoms with Gasteiger partial charge in [0.2, 0.25) is 0 Å². The Hall–Kier alpha value is -2.18. The molecular formula is C14H8ClN3O2S. The highest BCUT2D eigenvalue weighted by Gasteiger charge is 2.37. The second kappa shape index (κ2) is 4.41. The maximum Gasteiger partial charge on any atom is 0.299 e. The topological polar surface area (TPSA) is 54.7 Å². The number of halogens is 1. The predicted octanol–water partition coefficient (Wildman–Crippen LogP) is 2.78. The average Bonchev–Trinajstić information content (AvgIpc) is 3.09. The molecule has 1 aliphatic rings. The molecule has 0 radical (unpaired) electrons. The number of hydrogen-bond donors (Lipinski definition) is 0. The van der Waals surface area contributed by atoms with Crippen LogP contribution in [0.15, 0.2) is 36.0 Å². The molecule has 0 saturated heterocycles. The van der Waals surface area contributed by atoms with Crippen LogP contribution in [0.2, 0.25) is 5.02 Å². The van der Waals surface area contributed by atoms with Gasteiger partial charge in [-0.15, -0.1) is 11.3 Å². The van der Waals surface area contributed by atoms with Crippen LogP contribution in [0.25, 0.3) is 4.96 Å². The zero-order valence-electron chi connectivity index (χ0n) is 10.6. The monoisotopic (exact) mass is 317 g/mol. The largest absolute Gasteiger partial charge is 0.299 e. The van der Waals surface area contributed by atoms with Gasteiger partial charge in [-0.3, -0.25) is 18.9 Å². The first-order chi connectivity index (χ1) is 10.1. The van der Waals surface area contributed by atoms with Crippen LogP contribution in [-0.2, 0) is 11.3 Å². The van der Waals surface area contributed by atoms with E-state index in [2.05, 4.69) is 4.98 Å². The van der Waals surface area contributed by atoms with Crippen molar-refractivity contribution < 1.29 is 9.59 Å². The summed E-state index contributed by atoms with van der Waals surface area (Å²) in [6.45, 7) is 0.232. The van der Waals surface area contributed by atoms with E-state index in [1.807, 2.05) is 22.2 Å². The van der Waals surface area contributed by atoms with Gasteiger partial charge >= 0.3 is 0 Å². The first-order valence-corrected chi connectivity index (χ1v) is 7.46. The van der Waals surface area contributed by atoms with Gasteiger partial charge < -0.3 is 0 Å². The Morgan fingerprint density at radius 1 is 1.29 bits per heavy atom. The minimum absolute atomic E-state index is 0.232. The van der Waals surface area contributed by atoms with Crippen LogP contribution < -0.4 is 4.90 Å². The SMILES string of the molecule is O=C1C(=O)N(Cc2cn3ccsc3n2)c2c(Cl)cccc21. The van der Waals surface area contributed by atoms with E-state index in [0.29, 0.717) is 16.3 Å². The van der Waals surface area contributed by atoms with Crippen LogP contribution in [-0.4, -0.2) is 21.1 Å². The molecule has 7 heteroatoms. The lowest BCUT2D eigenvalue weighted by atomic mass is 10.1. The van der Waals surface area contributed by atoms with Crippen LogP contribution >= 0.6 is 22.9 Å². The number of carbonyl (C=O) groups excluding carboxylic acids is 2. The lowest BCUT2D eigenvalue weighted by molar-refractivity contribution is -0.114. The fourth-order valence-electron chi connectivity index (χ4n) is 2.48. The summed E-state index contributed by atoms with van der Waals surface area (Å²) in [5.74, 6) is -1.08. The van der Waals surface area contributed by atoms with Crippen molar-refractivity contribution in [2.45, 2.75) is 6.54 Å². The molecule has 1 aliphatic heterocycles. The number of ketones is 1. The normalized spacial score (nSPS) is 14.2. The van der Waals surface area contributed by atoms with Crippen LogP contribution in [0, 0.1) is 0 Å². The van der Waals surface area contributed by atoms with E-state index in [0.717, 1.165) is 10.7 Å². The number of Topliss-reactive ketones (excluding diaryl/α,β-unsaturated/α-hetero) is 1. The molecular weight excluding hydrogens is 310 g/mol. The first kappa shape index (κ1) is 12.6. The Kier molecular flexibility index (Phi) is 2.63. The maximum atomic E-state index is 12.2. The Morgan fingerprint density at radius 3 is 2.95 bits per heavy atom. The molecule has 4 rings (SSSR count). The van der Waals surface area contributed by atoms with E-state index >= 15 is 0 Å². The number of rotatable bonds is 2. The van der Waals surface area contributed by atoms with Crippen LogP contribution in [0.5, 0.6) is 0 Å². The second-order valence-electron chi connectivity index (χ2n) is 4.68. The fraction of sp³-hybridized carbons (Fsp3) is 0.0714. The molecule has 0 saturated carbocycles. The quantitative estimate of drug-likeness (QED) is 0.683. The summed E-state index contributed by atoms with van der Waals surface area (Å²) in [5, 5.41) is 2.33. The summed E-state index contributed by atoms with van der Waals surface area (Å²) < 4.78 is 1.88. The Morgan fingerprint density at radius 2 is 2.14 bits per heavy atom. The molecule has 3 heterocycles. The predicted molar refractivity (Wildman–Crippen MR) is 80.0 cm³/mol. The van der Waals surface area contributed by atoms with Crippen LogP contribution in [0.4, 0.5) is 5.69 Å². The second-order valence-corrected chi connectivity index (χ2v) is 5.96. The third-order valence-electron chi connectivity index (χ3n) is 3.40. The molecule has 5 nitrogen and oxygen atoms in total. The third kappa shape index (κ3) is 1.80. The number of fused-ring (bicyclic) bond motifs is 2. The Balaban J connectivity index is 1.77. The van der Waals surface area contributed by atoms with E-state index < -0.39 is 11.7 Å². The number of carbonyl (C=O) groups is 2. The number of amides is 1. The minimum Gasteiger partial charge on any atom is -0.297 e. The summed E-state index contributed by atoms with van der Waals surface area (Å²) in [4.78, 5) is 30.8. The lowest BCUT2D eigenvalue weighted by Gasteiger charge is -2.16. The van der Waals surface area contributed by atoms with Crippen molar-refractivity contribution in [3.8, 4) is 0 Å². The van der Waals surface area contributed by atoms with E-state index in [9.17, 15) is 9.59 Å². The minimum atomic E-state index is -0.561.